The highest BCUT2D eigenvalue weighted by Gasteiger charge is 2.40. The maximum Gasteiger partial charge on any atom is 0.416 e. The monoisotopic (exact) mass is 612 g/mol. The Morgan fingerprint density at radius 2 is 1.75 bits per heavy atom. The Labute approximate surface area is 240 Å². The quantitative estimate of drug-likeness (QED) is 0.357. The summed E-state index contributed by atoms with van der Waals surface area (Å²) in [6.07, 6.45) is -0.330. The normalized spacial score (nSPS) is 18.7. The van der Waals surface area contributed by atoms with Gasteiger partial charge >= 0.3 is 6.18 Å². The SMILES string of the molecule is O=C(NCc1cc(-c2ccc(C(F)(F)F)cc2)nc(N2CCCCC2)c1)C1CCCN1S(=O)(=O)c1ccc(Cl)s1. The van der Waals surface area contributed by atoms with E-state index in [2.05, 4.69) is 10.2 Å². The maximum atomic E-state index is 13.2. The van der Waals surface area contributed by atoms with E-state index in [9.17, 15) is 26.4 Å². The smallest absolute Gasteiger partial charge is 0.357 e. The number of halogens is 4. The van der Waals surface area contributed by atoms with Crippen LogP contribution in [0.1, 0.15) is 43.2 Å². The van der Waals surface area contributed by atoms with Gasteiger partial charge in [0.25, 0.3) is 10.0 Å². The summed E-state index contributed by atoms with van der Waals surface area (Å²) >= 11 is 6.89. The second-order valence-electron chi connectivity index (χ2n) is 9.89. The summed E-state index contributed by atoms with van der Waals surface area (Å²) in [6, 6.07) is 10.6. The molecule has 0 radical (unpaired) electrons. The molecule has 2 aliphatic heterocycles. The lowest BCUT2D eigenvalue weighted by Crippen LogP contribution is -2.45. The fourth-order valence-corrected chi connectivity index (χ4v) is 8.35. The van der Waals surface area contributed by atoms with Crippen molar-refractivity contribution in [3.63, 3.8) is 0 Å². The number of aromatic nitrogens is 1. The number of anilines is 1. The fraction of sp³-hybridized carbons (Fsp3) is 0.407. The van der Waals surface area contributed by atoms with Crippen LogP contribution in [0, 0.1) is 0 Å². The van der Waals surface area contributed by atoms with Crippen molar-refractivity contribution in [2.24, 2.45) is 0 Å². The Hall–Kier alpha value is -2.67. The van der Waals surface area contributed by atoms with Crippen molar-refractivity contribution >= 4 is 44.7 Å². The number of hydrogen-bond donors (Lipinski definition) is 1. The van der Waals surface area contributed by atoms with Gasteiger partial charge in [-0.25, -0.2) is 13.4 Å². The average molecular weight is 613 g/mol. The molecule has 2 fully saturated rings. The van der Waals surface area contributed by atoms with E-state index in [0.29, 0.717) is 34.3 Å². The molecule has 4 heterocycles. The van der Waals surface area contributed by atoms with Gasteiger partial charge in [0.05, 0.1) is 15.6 Å². The largest absolute Gasteiger partial charge is 0.416 e. The number of pyridine rings is 1. The third-order valence-corrected chi connectivity index (χ3v) is 10.8. The molecule has 40 heavy (non-hydrogen) atoms. The topological polar surface area (TPSA) is 82.6 Å². The van der Waals surface area contributed by atoms with Gasteiger partial charge in [-0.2, -0.15) is 17.5 Å². The van der Waals surface area contributed by atoms with Crippen LogP contribution in [0.5, 0.6) is 0 Å². The number of nitrogens with one attached hydrogen (secondary N) is 1. The van der Waals surface area contributed by atoms with Crippen LogP contribution in [0.3, 0.4) is 0 Å². The van der Waals surface area contributed by atoms with Crippen LogP contribution in [0.15, 0.2) is 52.7 Å². The summed E-state index contributed by atoms with van der Waals surface area (Å²) < 4.78 is 67.3. The lowest BCUT2D eigenvalue weighted by molar-refractivity contribution is -0.137. The molecule has 0 spiro atoms. The molecular weight excluding hydrogens is 585 g/mol. The van der Waals surface area contributed by atoms with Crippen molar-refractivity contribution in [1.82, 2.24) is 14.6 Å². The number of carbonyl (C=O) groups excluding carboxylic acids is 1. The summed E-state index contributed by atoms with van der Waals surface area (Å²) in [5.41, 5.74) is 1.01. The van der Waals surface area contributed by atoms with E-state index >= 15 is 0 Å². The number of hydrogen-bond acceptors (Lipinski definition) is 6. The average Bonchev–Trinajstić information content (AvgIpc) is 3.62. The van der Waals surface area contributed by atoms with E-state index in [1.807, 2.05) is 6.07 Å². The number of nitrogens with zero attached hydrogens (tertiary/aromatic N) is 3. The molecule has 0 bridgehead atoms. The summed E-state index contributed by atoms with van der Waals surface area (Å²) in [5.74, 6) is 0.289. The minimum atomic E-state index is -4.44. The Bertz CT molecular complexity index is 1470. The molecule has 2 saturated heterocycles. The van der Waals surface area contributed by atoms with Gasteiger partial charge in [-0.05, 0) is 74.1 Å². The first-order valence-corrected chi connectivity index (χ1v) is 15.6. The number of benzene rings is 1. The van der Waals surface area contributed by atoms with Crippen molar-refractivity contribution in [3.8, 4) is 11.3 Å². The van der Waals surface area contributed by atoms with E-state index in [0.717, 1.165) is 61.4 Å². The van der Waals surface area contributed by atoms with Crippen molar-refractivity contribution in [1.29, 1.82) is 0 Å². The highest BCUT2D eigenvalue weighted by atomic mass is 35.5. The zero-order valence-electron chi connectivity index (χ0n) is 21.5. The molecule has 13 heteroatoms. The summed E-state index contributed by atoms with van der Waals surface area (Å²) in [7, 11) is -3.86. The molecule has 1 unspecified atom stereocenters. The summed E-state index contributed by atoms with van der Waals surface area (Å²) in [4.78, 5) is 20.1. The molecule has 1 atom stereocenters. The van der Waals surface area contributed by atoms with Gasteiger partial charge in [-0.3, -0.25) is 4.79 Å². The number of amides is 1. The molecule has 5 rings (SSSR count). The molecule has 7 nitrogen and oxygen atoms in total. The maximum absolute atomic E-state index is 13.2. The van der Waals surface area contributed by atoms with Gasteiger partial charge in [0.15, 0.2) is 0 Å². The second kappa shape index (κ2) is 11.7. The molecule has 214 valence electrons. The zero-order valence-corrected chi connectivity index (χ0v) is 23.8. The van der Waals surface area contributed by atoms with Gasteiger partial charge in [0.2, 0.25) is 5.91 Å². The van der Waals surface area contributed by atoms with Crippen LogP contribution in [0.2, 0.25) is 4.34 Å². The molecular formula is C27H28ClF3N4O3S2. The van der Waals surface area contributed by atoms with E-state index in [1.165, 1.54) is 28.6 Å². The molecule has 2 aliphatic rings. The van der Waals surface area contributed by atoms with Crippen LogP contribution in [-0.4, -0.2) is 49.3 Å². The van der Waals surface area contributed by atoms with Crippen LogP contribution in [0.4, 0.5) is 19.0 Å². The van der Waals surface area contributed by atoms with Gasteiger partial charge < -0.3 is 10.2 Å². The predicted octanol–water partition coefficient (Wildman–Crippen LogP) is 5.94. The van der Waals surface area contributed by atoms with Crippen molar-refractivity contribution in [2.75, 3.05) is 24.5 Å². The number of rotatable bonds is 7. The molecule has 1 amide bonds. The van der Waals surface area contributed by atoms with Gasteiger partial charge in [-0.15, -0.1) is 11.3 Å². The van der Waals surface area contributed by atoms with Crippen LogP contribution < -0.4 is 10.2 Å². The fourth-order valence-electron chi connectivity index (χ4n) is 5.08. The van der Waals surface area contributed by atoms with Crippen LogP contribution in [0.25, 0.3) is 11.3 Å². The second-order valence-corrected chi connectivity index (χ2v) is 13.7. The van der Waals surface area contributed by atoms with Gasteiger partial charge in [-0.1, -0.05) is 23.7 Å². The summed E-state index contributed by atoms with van der Waals surface area (Å²) in [5, 5.41) is 2.87. The first-order chi connectivity index (χ1) is 19.0. The van der Waals surface area contributed by atoms with Gasteiger partial charge in [0, 0.05) is 31.7 Å². The molecule has 3 aromatic rings. The van der Waals surface area contributed by atoms with E-state index < -0.39 is 33.7 Å². The van der Waals surface area contributed by atoms with Gasteiger partial charge in [0.1, 0.15) is 16.1 Å². The van der Waals surface area contributed by atoms with E-state index in [4.69, 9.17) is 16.6 Å². The Morgan fingerprint density at radius 3 is 2.40 bits per heavy atom. The Morgan fingerprint density at radius 1 is 1.02 bits per heavy atom. The molecule has 2 aromatic heterocycles. The van der Waals surface area contributed by atoms with Crippen LogP contribution in [-0.2, 0) is 27.5 Å². The molecule has 1 aromatic carbocycles. The minimum absolute atomic E-state index is 0.0960. The highest BCUT2D eigenvalue weighted by molar-refractivity contribution is 7.91. The van der Waals surface area contributed by atoms with Crippen molar-refractivity contribution in [2.45, 2.75) is 55.1 Å². The molecule has 0 aliphatic carbocycles. The lowest BCUT2D eigenvalue weighted by atomic mass is 10.1. The lowest BCUT2D eigenvalue weighted by Gasteiger charge is -2.28. The Kier molecular flexibility index (Phi) is 8.42. The number of carbonyl (C=O) groups is 1. The third-order valence-electron chi connectivity index (χ3n) is 7.14. The first kappa shape index (κ1) is 28.8. The van der Waals surface area contributed by atoms with Crippen LogP contribution >= 0.6 is 22.9 Å². The van der Waals surface area contributed by atoms with Crippen molar-refractivity contribution < 1.29 is 26.4 Å². The Balaban J connectivity index is 1.37. The van der Waals surface area contributed by atoms with E-state index in [1.54, 1.807) is 6.07 Å². The summed E-state index contributed by atoms with van der Waals surface area (Å²) in [6.45, 7) is 1.99. The minimum Gasteiger partial charge on any atom is -0.357 e. The third kappa shape index (κ3) is 6.29. The number of piperidine rings is 1. The number of thiophene rings is 1. The molecule has 0 saturated carbocycles. The zero-order chi connectivity index (χ0) is 28.5. The first-order valence-electron chi connectivity index (χ1n) is 13.0. The number of sulfonamides is 1. The standard InChI is InChI=1S/C27H28ClF3N4O3S2/c28-23-10-11-25(39-23)40(37,38)35-14-4-5-22(35)26(36)32-17-18-15-21(19-6-8-20(9-7-19)27(29,30)31)33-24(16-18)34-12-2-1-3-13-34/h6-11,15-16,22H,1-5,12-14,17H2,(H,32,36). The molecule has 1 N–H and O–H groups in total. The highest BCUT2D eigenvalue weighted by Crippen LogP contribution is 2.33. The van der Waals surface area contributed by atoms with E-state index in [-0.39, 0.29) is 17.3 Å². The van der Waals surface area contributed by atoms with Crippen molar-refractivity contribution in [3.05, 3.63) is 64.0 Å². The number of alkyl halides is 3. The predicted molar refractivity (Wildman–Crippen MR) is 149 cm³/mol.